The predicted molar refractivity (Wildman–Crippen MR) is 294 cm³/mol. The van der Waals surface area contributed by atoms with E-state index in [0.29, 0.717) is 12.8 Å². The summed E-state index contributed by atoms with van der Waals surface area (Å²) in [7, 11) is 0. The molecule has 4 nitrogen and oxygen atoms in total. The number of fused-ring (bicyclic) bond motifs is 5. The third-order valence-electron chi connectivity index (χ3n) is 14.4. The van der Waals surface area contributed by atoms with Gasteiger partial charge in [0.25, 0.3) is 0 Å². The molecule has 4 heteroatoms. The summed E-state index contributed by atoms with van der Waals surface area (Å²) in [6, 6.07) is 62.6. The van der Waals surface area contributed by atoms with Gasteiger partial charge in [-0.15, -0.1) is 0 Å². The number of aryl methyl sites for hydroxylation is 12. The largest absolute Gasteiger partial charge is 0.512 e. The zero-order chi connectivity index (χ0) is 48.5. The number of hydrogen-bond donors (Lipinski definition) is 1. The molecule has 9 aromatic rings. The highest BCUT2D eigenvalue weighted by molar-refractivity contribution is 5.90. The van der Waals surface area contributed by atoms with E-state index in [4.69, 9.17) is 9.97 Å². The van der Waals surface area contributed by atoms with Crippen LogP contribution in [0.15, 0.2) is 182 Å². The number of ketones is 1. The summed E-state index contributed by atoms with van der Waals surface area (Å²) in [6.45, 7) is 4.39. The number of hydrogen-bond acceptors (Lipinski definition) is 4. The summed E-state index contributed by atoms with van der Waals surface area (Å²) in [5.74, 6) is 0.164. The van der Waals surface area contributed by atoms with Crippen LogP contribution in [0.4, 0.5) is 0 Å². The minimum atomic E-state index is -0.0118. The molecule has 2 heterocycles. The van der Waals surface area contributed by atoms with Gasteiger partial charge in [-0.3, -0.25) is 4.79 Å². The van der Waals surface area contributed by atoms with E-state index in [1.165, 1.54) is 94.7 Å². The first-order valence-corrected chi connectivity index (χ1v) is 25.9. The van der Waals surface area contributed by atoms with Gasteiger partial charge in [0.2, 0.25) is 0 Å². The van der Waals surface area contributed by atoms with E-state index in [1.54, 1.807) is 0 Å². The van der Waals surface area contributed by atoms with Gasteiger partial charge >= 0.3 is 0 Å². The lowest BCUT2D eigenvalue weighted by atomic mass is 9.95. The fraction of sp³-hybridized carbons (Fsp3) is 0.239. The topological polar surface area (TPSA) is 63.1 Å². The molecule has 354 valence electrons. The molecule has 0 saturated carbocycles. The van der Waals surface area contributed by atoms with Crippen LogP contribution in [0.25, 0.3) is 44.3 Å². The molecule has 4 aliphatic carbocycles. The van der Waals surface area contributed by atoms with Gasteiger partial charge in [-0.05, 0) is 195 Å². The van der Waals surface area contributed by atoms with E-state index in [9.17, 15) is 9.90 Å². The number of carbonyl (C=O) groups is 1. The molecule has 7 aromatic carbocycles. The van der Waals surface area contributed by atoms with Gasteiger partial charge in [0.15, 0.2) is 5.78 Å². The summed E-state index contributed by atoms with van der Waals surface area (Å²) >= 11 is 0. The minimum absolute atomic E-state index is 0.0118. The standard InChI is InChI=1S/C67H64N2O2/c1-46-37-54-31-29-50-25-27-51(28-26-50)30-32-55-38-47(2)40-59(42-55)67-44-57(63-14-4-6-16-65(63)69-67)36-34-53-23-19-49(20-24-53)10-8-12-61(71)45-60(70)11-7-9-48-17-21-52(22-18-48)33-35-56-43-66(58(39-46)41-54)68-64-15-5-3-13-62(56)64/h3-6,13-28,37-45,70H,7-12,29-36H2,1-2H3. The second-order valence-corrected chi connectivity index (χ2v) is 20.0. The van der Waals surface area contributed by atoms with Crippen LogP contribution in [0.5, 0.6) is 0 Å². The molecule has 14 bridgehead atoms. The van der Waals surface area contributed by atoms with Crippen molar-refractivity contribution in [2.75, 3.05) is 0 Å². The highest BCUT2D eigenvalue weighted by atomic mass is 16.3. The fourth-order valence-corrected chi connectivity index (χ4v) is 10.5. The maximum atomic E-state index is 12.8. The van der Waals surface area contributed by atoms with Gasteiger partial charge in [-0.2, -0.15) is 0 Å². The molecular formula is C67H64N2O2. The number of carbonyl (C=O) groups excluding carboxylic acids is 1. The van der Waals surface area contributed by atoms with Crippen molar-refractivity contribution in [2.45, 2.75) is 104 Å². The van der Waals surface area contributed by atoms with Crippen LogP contribution in [-0.2, 0) is 69.0 Å². The lowest BCUT2D eigenvalue weighted by Crippen LogP contribution is -1.99. The van der Waals surface area contributed by atoms with Crippen LogP contribution in [0.3, 0.4) is 0 Å². The number of para-hydroxylation sites is 2. The molecule has 0 fully saturated rings. The van der Waals surface area contributed by atoms with Gasteiger partial charge in [-0.1, -0.05) is 132 Å². The number of rotatable bonds is 0. The Labute approximate surface area is 420 Å². The van der Waals surface area contributed by atoms with Crippen molar-refractivity contribution in [1.82, 2.24) is 9.97 Å². The minimum Gasteiger partial charge on any atom is -0.512 e. The quantitative estimate of drug-likeness (QED) is 0.165. The Hall–Kier alpha value is -7.43. The molecule has 0 spiro atoms. The van der Waals surface area contributed by atoms with E-state index >= 15 is 0 Å². The highest BCUT2D eigenvalue weighted by Gasteiger charge is 2.13. The Morgan fingerprint density at radius 3 is 1.17 bits per heavy atom. The Morgan fingerprint density at radius 2 is 0.732 bits per heavy atom. The summed E-state index contributed by atoms with van der Waals surface area (Å²) < 4.78 is 0. The van der Waals surface area contributed by atoms with Crippen molar-refractivity contribution < 1.29 is 9.90 Å². The van der Waals surface area contributed by atoms with Crippen LogP contribution in [0.2, 0.25) is 0 Å². The van der Waals surface area contributed by atoms with Crippen LogP contribution >= 0.6 is 0 Å². The molecule has 71 heavy (non-hydrogen) atoms. The van der Waals surface area contributed by atoms with Crippen LogP contribution < -0.4 is 0 Å². The summed E-state index contributed by atoms with van der Waals surface area (Å²) in [5, 5.41) is 13.1. The van der Waals surface area contributed by atoms with Crippen molar-refractivity contribution in [3.63, 3.8) is 0 Å². The van der Waals surface area contributed by atoms with Crippen LogP contribution in [-0.4, -0.2) is 20.9 Å². The number of aliphatic hydroxyl groups is 1. The first-order valence-electron chi connectivity index (χ1n) is 25.9. The number of allylic oxidation sites excluding steroid dienone is 2. The second kappa shape index (κ2) is 22.1. The molecule has 0 amide bonds. The molecule has 4 aliphatic rings. The van der Waals surface area contributed by atoms with Gasteiger partial charge < -0.3 is 5.11 Å². The first kappa shape index (κ1) is 47.3. The van der Waals surface area contributed by atoms with E-state index in [1.807, 2.05) is 0 Å². The van der Waals surface area contributed by atoms with Gasteiger partial charge in [-0.25, -0.2) is 9.97 Å². The van der Waals surface area contributed by atoms with Gasteiger partial charge in [0.1, 0.15) is 0 Å². The zero-order valence-corrected chi connectivity index (χ0v) is 41.4. The summed E-state index contributed by atoms with van der Waals surface area (Å²) in [5.41, 5.74) is 22.0. The molecule has 0 aliphatic heterocycles. The van der Waals surface area contributed by atoms with E-state index in [0.717, 1.165) is 99.5 Å². The molecule has 1 N–H and O–H groups in total. The van der Waals surface area contributed by atoms with Crippen molar-refractivity contribution in [1.29, 1.82) is 0 Å². The number of aliphatic hydroxyl groups excluding tert-OH is 1. The first-order chi connectivity index (χ1) is 34.7. The molecule has 0 saturated heterocycles. The number of benzene rings is 7. The van der Waals surface area contributed by atoms with Crippen molar-refractivity contribution >= 4 is 27.6 Å². The summed E-state index contributed by atoms with van der Waals surface area (Å²) in [4.78, 5) is 23.2. The molecule has 13 rings (SSSR count). The highest BCUT2D eigenvalue weighted by Crippen LogP contribution is 2.30. The normalized spacial score (nSPS) is 14.6. The SMILES string of the molecule is Cc1cc2cc(c1)-c1cc(c3ccccc3n1)CCc1ccc(cc1)CCCC(=O)C=C(O)CCCc1ccc(cc1)CCc1cc(nc3ccccc13)-c1cc(C)cc(c1)CCc1ccc(cc1)CC2. The molecule has 0 unspecified atom stereocenters. The van der Waals surface area contributed by atoms with Crippen LogP contribution in [0.1, 0.15) is 92.4 Å². The van der Waals surface area contributed by atoms with Crippen molar-refractivity contribution in [3.05, 3.63) is 248 Å². The number of aromatic nitrogens is 2. The lowest BCUT2D eigenvalue weighted by Gasteiger charge is -2.13. The third-order valence-corrected chi connectivity index (χ3v) is 14.4. The van der Waals surface area contributed by atoms with E-state index in [2.05, 4.69) is 184 Å². The average Bonchev–Trinajstić information content (AvgIpc) is 3.38. The van der Waals surface area contributed by atoms with Crippen molar-refractivity contribution in [3.8, 4) is 22.5 Å². The average molecular weight is 929 g/mol. The molecule has 0 radical (unpaired) electrons. The lowest BCUT2D eigenvalue weighted by molar-refractivity contribution is -0.114. The fourth-order valence-electron chi connectivity index (χ4n) is 10.5. The van der Waals surface area contributed by atoms with E-state index < -0.39 is 0 Å². The molecule has 2 aromatic heterocycles. The Bertz CT molecular complexity index is 3350. The molecular weight excluding hydrogens is 865 g/mol. The summed E-state index contributed by atoms with van der Waals surface area (Å²) in [6.07, 6.45) is 13.1. The van der Waals surface area contributed by atoms with Crippen molar-refractivity contribution in [2.24, 2.45) is 0 Å². The third kappa shape index (κ3) is 12.3. The monoisotopic (exact) mass is 928 g/mol. The van der Waals surface area contributed by atoms with Gasteiger partial charge in [0.05, 0.1) is 28.2 Å². The van der Waals surface area contributed by atoms with E-state index in [-0.39, 0.29) is 11.5 Å². The number of nitrogens with zero attached hydrogens (tertiary/aromatic N) is 2. The smallest absolute Gasteiger partial charge is 0.159 e. The Balaban J connectivity index is 0.892. The maximum absolute atomic E-state index is 12.8. The Morgan fingerprint density at radius 1 is 0.366 bits per heavy atom. The van der Waals surface area contributed by atoms with Gasteiger partial charge in [0, 0.05) is 40.8 Å². The Kier molecular flexibility index (Phi) is 14.7. The predicted octanol–water partition coefficient (Wildman–Crippen LogP) is 15.5. The zero-order valence-electron chi connectivity index (χ0n) is 41.4. The number of pyridine rings is 2. The second-order valence-electron chi connectivity index (χ2n) is 20.0. The molecule has 0 atom stereocenters. The van der Waals surface area contributed by atoms with Crippen LogP contribution in [0, 0.1) is 13.8 Å². The maximum Gasteiger partial charge on any atom is 0.159 e.